The van der Waals surface area contributed by atoms with Crippen molar-refractivity contribution in [3.05, 3.63) is 0 Å². The molecule has 2 fully saturated rings. The average molecular weight is 298 g/mol. The molecule has 0 bridgehead atoms. The lowest BCUT2D eigenvalue weighted by Crippen LogP contribution is -2.45. The molecule has 20 heavy (non-hydrogen) atoms. The highest BCUT2D eigenvalue weighted by atomic mass is 32.2. The van der Waals surface area contributed by atoms with E-state index < -0.39 is 9.84 Å². The topological polar surface area (TPSA) is 61.2 Å². The predicted molar refractivity (Wildman–Crippen MR) is 80.0 cm³/mol. The van der Waals surface area contributed by atoms with Crippen LogP contribution in [0.15, 0.2) is 0 Å². The molecule has 1 aliphatic carbocycles. The Morgan fingerprint density at radius 3 is 2.75 bits per heavy atom. The van der Waals surface area contributed by atoms with Crippen LogP contribution < -0.4 is 0 Å². The van der Waals surface area contributed by atoms with Gasteiger partial charge in [0.05, 0.1) is 23.5 Å². The second-order valence-corrected chi connectivity index (χ2v) is 8.62. The van der Waals surface area contributed by atoms with Gasteiger partial charge in [0.1, 0.15) is 0 Å². The fourth-order valence-corrected chi connectivity index (χ4v) is 5.03. The van der Waals surface area contributed by atoms with Crippen molar-refractivity contribution in [2.24, 2.45) is 11.8 Å². The number of sulfone groups is 1. The number of nitriles is 1. The van der Waals surface area contributed by atoms with E-state index in [-0.39, 0.29) is 17.7 Å². The summed E-state index contributed by atoms with van der Waals surface area (Å²) in [5.74, 6) is 1.38. The van der Waals surface area contributed by atoms with Crippen molar-refractivity contribution >= 4 is 9.84 Å². The molecular formula is C15H26N2O2S. The Bertz CT molecular complexity index is 455. The second-order valence-electron chi connectivity index (χ2n) is 6.31. The van der Waals surface area contributed by atoms with E-state index in [1.54, 1.807) is 0 Å². The molecule has 0 aromatic carbocycles. The largest absolute Gasteiger partial charge is 0.298 e. The van der Waals surface area contributed by atoms with Gasteiger partial charge in [-0.05, 0) is 38.1 Å². The Morgan fingerprint density at radius 2 is 2.05 bits per heavy atom. The molecule has 5 heteroatoms. The lowest BCUT2D eigenvalue weighted by Gasteiger charge is -2.39. The Morgan fingerprint density at radius 1 is 1.25 bits per heavy atom. The first-order valence-electron chi connectivity index (χ1n) is 7.90. The summed E-state index contributed by atoms with van der Waals surface area (Å²) in [6.45, 7) is 3.66. The molecule has 3 unspecified atom stereocenters. The molecule has 2 aliphatic rings. The van der Waals surface area contributed by atoms with Crippen LogP contribution in [0, 0.1) is 23.2 Å². The van der Waals surface area contributed by atoms with E-state index >= 15 is 0 Å². The zero-order valence-electron chi connectivity index (χ0n) is 12.4. The maximum atomic E-state index is 11.7. The highest BCUT2D eigenvalue weighted by Crippen LogP contribution is 2.35. The van der Waals surface area contributed by atoms with E-state index in [4.69, 9.17) is 0 Å². The third-order valence-corrected chi connectivity index (χ3v) is 6.56. The van der Waals surface area contributed by atoms with Crippen molar-refractivity contribution in [1.29, 1.82) is 5.26 Å². The summed E-state index contributed by atoms with van der Waals surface area (Å²) >= 11 is 0. The van der Waals surface area contributed by atoms with Gasteiger partial charge in [0, 0.05) is 12.6 Å². The minimum absolute atomic E-state index is 0.0870. The Labute approximate surface area is 123 Å². The van der Waals surface area contributed by atoms with E-state index in [2.05, 4.69) is 17.9 Å². The van der Waals surface area contributed by atoms with Gasteiger partial charge >= 0.3 is 0 Å². The molecule has 1 heterocycles. The molecular weight excluding hydrogens is 272 g/mol. The molecule has 0 N–H and O–H groups in total. The van der Waals surface area contributed by atoms with Gasteiger partial charge in [0.25, 0.3) is 0 Å². The Hall–Kier alpha value is -0.600. The van der Waals surface area contributed by atoms with Gasteiger partial charge in [0.2, 0.25) is 0 Å². The molecule has 0 spiro atoms. The van der Waals surface area contributed by atoms with E-state index in [9.17, 15) is 13.7 Å². The van der Waals surface area contributed by atoms with Gasteiger partial charge in [-0.25, -0.2) is 8.42 Å². The highest BCUT2D eigenvalue weighted by molar-refractivity contribution is 7.91. The van der Waals surface area contributed by atoms with Gasteiger partial charge in [-0.2, -0.15) is 5.26 Å². The summed E-state index contributed by atoms with van der Waals surface area (Å²) < 4.78 is 23.5. The first kappa shape index (κ1) is 15.8. The van der Waals surface area contributed by atoms with Crippen molar-refractivity contribution in [1.82, 2.24) is 4.90 Å². The molecule has 1 aliphatic heterocycles. The van der Waals surface area contributed by atoms with Crippen molar-refractivity contribution < 1.29 is 8.42 Å². The smallest absolute Gasteiger partial charge is 0.151 e. The van der Waals surface area contributed by atoms with Crippen LogP contribution in [0.3, 0.4) is 0 Å². The van der Waals surface area contributed by atoms with Crippen LogP contribution in [0.5, 0.6) is 0 Å². The third kappa shape index (κ3) is 3.95. The first-order valence-corrected chi connectivity index (χ1v) is 9.72. The van der Waals surface area contributed by atoms with Crippen LogP contribution in [0.1, 0.15) is 45.4 Å². The summed E-state index contributed by atoms with van der Waals surface area (Å²) in [7, 11) is -2.86. The van der Waals surface area contributed by atoms with Crippen LogP contribution in [0.2, 0.25) is 0 Å². The minimum atomic E-state index is -2.86. The zero-order valence-corrected chi connectivity index (χ0v) is 13.2. The summed E-state index contributed by atoms with van der Waals surface area (Å²) in [5, 5.41) is 9.39. The average Bonchev–Trinajstić information content (AvgIpc) is 2.60. The fraction of sp³-hybridized carbons (Fsp3) is 0.933. The summed E-state index contributed by atoms with van der Waals surface area (Å²) in [4.78, 5) is 2.29. The number of hydrogen-bond acceptors (Lipinski definition) is 4. The molecule has 1 saturated heterocycles. The maximum absolute atomic E-state index is 11.7. The Balaban J connectivity index is 2.05. The van der Waals surface area contributed by atoms with Crippen molar-refractivity contribution in [2.45, 2.75) is 51.5 Å². The van der Waals surface area contributed by atoms with Gasteiger partial charge in [0.15, 0.2) is 9.84 Å². The third-order valence-electron chi connectivity index (χ3n) is 4.85. The van der Waals surface area contributed by atoms with Crippen LogP contribution >= 0.6 is 0 Å². The fourth-order valence-electron chi connectivity index (χ4n) is 3.75. The first-order chi connectivity index (χ1) is 9.55. The number of rotatable bonds is 3. The van der Waals surface area contributed by atoms with E-state index in [0.717, 1.165) is 38.1 Å². The van der Waals surface area contributed by atoms with Gasteiger partial charge in [-0.15, -0.1) is 0 Å². The molecule has 2 rings (SSSR count). The molecule has 0 aromatic heterocycles. The van der Waals surface area contributed by atoms with Crippen LogP contribution in [-0.4, -0.2) is 44.0 Å². The minimum Gasteiger partial charge on any atom is -0.298 e. The SMILES string of the molecule is CCCC1CCC(C#N)C(N2CCCS(=O)(=O)CC2)C1. The van der Waals surface area contributed by atoms with E-state index in [0.29, 0.717) is 12.3 Å². The van der Waals surface area contributed by atoms with E-state index in [1.165, 1.54) is 12.8 Å². The van der Waals surface area contributed by atoms with Crippen LogP contribution in [-0.2, 0) is 9.84 Å². The molecule has 114 valence electrons. The lowest BCUT2D eigenvalue weighted by atomic mass is 9.76. The van der Waals surface area contributed by atoms with Crippen molar-refractivity contribution in [2.75, 3.05) is 24.6 Å². The number of hydrogen-bond donors (Lipinski definition) is 0. The highest BCUT2D eigenvalue weighted by Gasteiger charge is 2.35. The predicted octanol–water partition coefficient (Wildman–Crippen LogP) is 2.22. The summed E-state index contributed by atoms with van der Waals surface area (Å²) in [6.07, 6.45) is 6.37. The maximum Gasteiger partial charge on any atom is 0.151 e. The number of nitrogens with zero attached hydrogens (tertiary/aromatic N) is 2. The zero-order chi connectivity index (χ0) is 14.6. The summed E-state index contributed by atoms with van der Waals surface area (Å²) in [6, 6.07) is 2.74. The Kier molecular flexibility index (Phi) is 5.45. The molecule has 1 saturated carbocycles. The van der Waals surface area contributed by atoms with Crippen molar-refractivity contribution in [3.63, 3.8) is 0 Å². The normalized spacial score (nSPS) is 35.1. The van der Waals surface area contributed by atoms with Gasteiger partial charge < -0.3 is 0 Å². The lowest BCUT2D eigenvalue weighted by molar-refractivity contribution is 0.105. The van der Waals surface area contributed by atoms with Crippen LogP contribution in [0.25, 0.3) is 0 Å². The monoisotopic (exact) mass is 298 g/mol. The molecule has 0 amide bonds. The van der Waals surface area contributed by atoms with Gasteiger partial charge in [-0.3, -0.25) is 4.90 Å². The van der Waals surface area contributed by atoms with Gasteiger partial charge in [-0.1, -0.05) is 19.8 Å². The molecule has 0 radical (unpaired) electrons. The molecule has 3 atom stereocenters. The quantitative estimate of drug-likeness (QED) is 0.801. The van der Waals surface area contributed by atoms with Crippen LogP contribution in [0.4, 0.5) is 0 Å². The van der Waals surface area contributed by atoms with E-state index in [1.807, 2.05) is 0 Å². The standard InChI is InChI=1S/C15H26N2O2S/c1-2-4-13-5-6-14(12-16)15(11-13)17-7-3-9-20(18,19)10-8-17/h13-15H,2-11H2,1H3. The molecule has 0 aromatic rings. The molecule has 4 nitrogen and oxygen atoms in total. The van der Waals surface area contributed by atoms with Crippen molar-refractivity contribution in [3.8, 4) is 6.07 Å². The second kappa shape index (κ2) is 6.91. The summed E-state index contributed by atoms with van der Waals surface area (Å²) in [5.41, 5.74) is 0.